The number of carbonyl (C=O) groups excluding carboxylic acids is 1. The van der Waals surface area contributed by atoms with E-state index < -0.39 is 16.1 Å². The fraction of sp³-hybridized carbons (Fsp3) is 0.400. The average molecular weight is 420 g/mol. The van der Waals surface area contributed by atoms with E-state index in [9.17, 15) is 13.2 Å². The lowest BCUT2D eigenvalue weighted by molar-refractivity contribution is -0.120. The lowest BCUT2D eigenvalue weighted by Crippen LogP contribution is -2.49. The number of nitrogens with one attached hydrogen (secondary N) is 1. The number of hydrogen-bond acceptors (Lipinski definition) is 6. The number of benzene rings is 1. The molecule has 1 saturated heterocycles. The van der Waals surface area contributed by atoms with Gasteiger partial charge in [-0.2, -0.15) is 4.31 Å². The SMILES string of the molecule is COCCOc1ccc(NC(=O)C2CCCCN2S(=O)(=O)c2ccccc2)cn1. The minimum absolute atomic E-state index is 0.193. The van der Waals surface area contributed by atoms with Crippen molar-refractivity contribution in [2.45, 2.75) is 30.2 Å². The summed E-state index contributed by atoms with van der Waals surface area (Å²) in [5.41, 5.74) is 0.483. The Bertz CT molecular complexity index is 903. The Morgan fingerprint density at radius 1 is 1.17 bits per heavy atom. The van der Waals surface area contributed by atoms with Crippen molar-refractivity contribution in [2.24, 2.45) is 0 Å². The summed E-state index contributed by atoms with van der Waals surface area (Å²) >= 11 is 0. The molecule has 0 bridgehead atoms. The van der Waals surface area contributed by atoms with Crippen LogP contribution in [0.3, 0.4) is 0 Å². The van der Waals surface area contributed by atoms with E-state index in [0.29, 0.717) is 37.7 Å². The summed E-state index contributed by atoms with van der Waals surface area (Å²) in [5, 5.41) is 2.77. The predicted octanol–water partition coefficient (Wildman–Crippen LogP) is 2.29. The predicted molar refractivity (Wildman–Crippen MR) is 108 cm³/mol. The van der Waals surface area contributed by atoms with Gasteiger partial charge in [0.25, 0.3) is 0 Å². The number of anilines is 1. The molecule has 2 heterocycles. The Morgan fingerprint density at radius 2 is 1.97 bits per heavy atom. The number of hydrogen-bond donors (Lipinski definition) is 1. The minimum atomic E-state index is -3.74. The van der Waals surface area contributed by atoms with E-state index in [4.69, 9.17) is 9.47 Å². The van der Waals surface area contributed by atoms with Gasteiger partial charge in [-0.25, -0.2) is 13.4 Å². The number of methoxy groups -OCH3 is 1. The van der Waals surface area contributed by atoms with Crippen molar-refractivity contribution in [3.8, 4) is 5.88 Å². The van der Waals surface area contributed by atoms with Crippen LogP contribution >= 0.6 is 0 Å². The lowest BCUT2D eigenvalue weighted by Gasteiger charge is -2.33. The van der Waals surface area contributed by atoms with Crippen LogP contribution in [0, 0.1) is 0 Å². The molecule has 156 valence electrons. The number of aromatic nitrogens is 1. The van der Waals surface area contributed by atoms with Crippen molar-refractivity contribution >= 4 is 21.6 Å². The van der Waals surface area contributed by atoms with Crippen LogP contribution in [0.15, 0.2) is 53.6 Å². The van der Waals surface area contributed by atoms with Crippen LogP contribution in [-0.4, -0.2) is 56.5 Å². The van der Waals surface area contributed by atoms with E-state index in [0.717, 1.165) is 12.8 Å². The fourth-order valence-electron chi connectivity index (χ4n) is 3.18. The van der Waals surface area contributed by atoms with E-state index in [2.05, 4.69) is 10.3 Å². The molecule has 1 aliphatic heterocycles. The monoisotopic (exact) mass is 419 g/mol. The van der Waals surface area contributed by atoms with Crippen molar-refractivity contribution in [3.05, 3.63) is 48.7 Å². The van der Waals surface area contributed by atoms with Gasteiger partial charge in [-0.15, -0.1) is 0 Å². The summed E-state index contributed by atoms with van der Waals surface area (Å²) in [7, 11) is -2.16. The minimum Gasteiger partial charge on any atom is -0.475 e. The summed E-state index contributed by atoms with van der Waals surface area (Å²) in [6.07, 6.45) is 3.48. The molecular weight excluding hydrogens is 394 g/mol. The summed E-state index contributed by atoms with van der Waals surface area (Å²) in [4.78, 5) is 17.2. The molecule has 1 fully saturated rings. The van der Waals surface area contributed by atoms with Crippen LogP contribution in [0.25, 0.3) is 0 Å². The first-order valence-corrected chi connectivity index (χ1v) is 10.9. The average Bonchev–Trinajstić information content (AvgIpc) is 2.76. The van der Waals surface area contributed by atoms with Crippen LogP contribution in [-0.2, 0) is 19.6 Å². The standard InChI is InChI=1S/C20H25N3O5S/c1-27-13-14-28-19-11-10-16(15-21-19)22-20(24)18-9-5-6-12-23(18)29(25,26)17-7-3-2-4-8-17/h2-4,7-8,10-11,15,18H,5-6,9,12-14H2,1H3,(H,22,24). The zero-order valence-corrected chi connectivity index (χ0v) is 17.1. The second-order valence-electron chi connectivity index (χ2n) is 6.66. The van der Waals surface area contributed by atoms with Crippen LogP contribution in [0.2, 0.25) is 0 Å². The van der Waals surface area contributed by atoms with Crippen molar-refractivity contribution in [2.75, 3.05) is 32.2 Å². The molecule has 0 radical (unpaired) electrons. The highest BCUT2D eigenvalue weighted by Gasteiger charge is 2.37. The van der Waals surface area contributed by atoms with Gasteiger partial charge in [0.1, 0.15) is 12.6 Å². The lowest BCUT2D eigenvalue weighted by atomic mass is 10.0. The third kappa shape index (κ3) is 5.31. The summed E-state index contributed by atoms with van der Waals surface area (Å²) in [6, 6.07) is 10.8. The highest BCUT2D eigenvalue weighted by atomic mass is 32.2. The first-order valence-electron chi connectivity index (χ1n) is 9.48. The van der Waals surface area contributed by atoms with Crippen molar-refractivity contribution in [3.63, 3.8) is 0 Å². The third-order valence-corrected chi connectivity index (χ3v) is 6.57. The van der Waals surface area contributed by atoms with Crippen molar-refractivity contribution in [1.82, 2.24) is 9.29 Å². The van der Waals surface area contributed by atoms with Gasteiger partial charge in [0.15, 0.2) is 0 Å². The van der Waals surface area contributed by atoms with Crippen molar-refractivity contribution < 1.29 is 22.7 Å². The second-order valence-corrected chi connectivity index (χ2v) is 8.55. The number of nitrogens with zero attached hydrogens (tertiary/aromatic N) is 2. The third-order valence-electron chi connectivity index (χ3n) is 4.65. The quantitative estimate of drug-likeness (QED) is 0.660. The Labute approximate surface area is 170 Å². The fourth-order valence-corrected chi connectivity index (χ4v) is 4.85. The molecule has 0 aliphatic carbocycles. The van der Waals surface area contributed by atoms with Gasteiger partial charge in [0, 0.05) is 19.7 Å². The van der Waals surface area contributed by atoms with Gasteiger partial charge < -0.3 is 14.8 Å². The first-order chi connectivity index (χ1) is 14.0. The van der Waals surface area contributed by atoms with Gasteiger partial charge in [0.05, 0.1) is 23.4 Å². The van der Waals surface area contributed by atoms with Gasteiger partial charge >= 0.3 is 0 Å². The summed E-state index contributed by atoms with van der Waals surface area (Å²) in [5.74, 6) is 0.0602. The van der Waals surface area contributed by atoms with Crippen LogP contribution < -0.4 is 10.1 Å². The van der Waals surface area contributed by atoms with E-state index >= 15 is 0 Å². The topological polar surface area (TPSA) is 97.8 Å². The molecule has 0 saturated carbocycles. The molecule has 1 unspecified atom stereocenters. The molecule has 9 heteroatoms. The normalized spacial score (nSPS) is 17.6. The summed E-state index contributed by atoms with van der Waals surface area (Å²) < 4.78 is 37.7. The van der Waals surface area contributed by atoms with Gasteiger partial charge in [0.2, 0.25) is 21.8 Å². The zero-order valence-electron chi connectivity index (χ0n) is 16.3. The Hall–Kier alpha value is -2.49. The number of sulfonamides is 1. The highest BCUT2D eigenvalue weighted by molar-refractivity contribution is 7.89. The molecule has 2 aromatic rings. The number of piperidine rings is 1. The maximum absolute atomic E-state index is 13.0. The van der Waals surface area contributed by atoms with E-state index in [1.807, 2.05) is 0 Å². The van der Waals surface area contributed by atoms with Crippen LogP contribution in [0.5, 0.6) is 5.88 Å². The molecule has 1 amide bonds. The second kappa shape index (κ2) is 9.82. The smallest absolute Gasteiger partial charge is 0.243 e. The van der Waals surface area contributed by atoms with Crippen molar-refractivity contribution in [1.29, 1.82) is 0 Å². The Morgan fingerprint density at radius 3 is 2.66 bits per heavy atom. The van der Waals surface area contributed by atoms with Gasteiger partial charge in [-0.3, -0.25) is 4.79 Å². The maximum atomic E-state index is 13.0. The molecule has 1 N–H and O–H groups in total. The molecule has 1 atom stereocenters. The van der Waals surface area contributed by atoms with Crippen LogP contribution in [0.1, 0.15) is 19.3 Å². The van der Waals surface area contributed by atoms with Gasteiger partial charge in [-0.1, -0.05) is 24.6 Å². The molecule has 1 aliphatic rings. The van der Waals surface area contributed by atoms with E-state index in [-0.39, 0.29) is 10.8 Å². The Kier molecular flexibility index (Phi) is 7.18. The maximum Gasteiger partial charge on any atom is 0.243 e. The number of rotatable bonds is 8. The molecular formula is C20H25N3O5S. The summed E-state index contributed by atoms with van der Waals surface area (Å²) in [6.45, 7) is 1.15. The molecule has 3 rings (SSSR count). The molecule has 0 spiro atoms. The van der Waals surface area contributed by atoms with E-state index in [1.54, 1.807) is 49.6 Å². The number of pyridine rings is 1. The number of amides is 1. The molecule has 1 aromatic heterocycles. The van der Waals surface area contributed by atoms with Gasteiger partial charge in [-0.05, 0) is 31.0 Å². The highest BCUT2D eigenvalue weighted by Crippen LogP contribution is 2.26. The van der Waals surface area contributed by atoms with Crippen LogP contribution in [0.4, 0.5) is 5.69 Å². The zero-order chi connectivity index (χ0) is 20.7. The number of carbonyl (C=O) groups is 1. The largest absolute Gasteiger partial charge is 0.475 e. The molecule has 1 aromatic carbocycles. The van der Waals surface area contributed by atoms with E-state index in [1.165, 1.54) is 10.5 Å². The molecule has 8 nitrogen and oxygen atoms in total. The number of ether oxygens (including phenoxy) is 2. The Balaban J connectivity index is 1.70. The molecule has 29 heavy (non-hydrogen) atoms. The first kappa shape index (κ1) is 21.2.